The van der Waals surface area contributed by atoms with Crippen LogP contribution in [0.2, 0.25) is 5.02 Å². The Hall–Kier alpha value is -0.580. The zero-order valence-corrected chi connectivity index (χ0v) is 13.5. The van der Waals surface area contributed by atoms with E-state index in [2.05, 4.69) is 12.2 Å². The number of rotatable bonds is 6. The lowest BCUT2D eigenvalue weighted by Gasteiger charge is -2.24. The topological polar surface area (TPSA) is 46.2 Å². The van der Waals surface area contributed by atoms with Crippen LogP contribution in [0.3, 0.4) is 0 Å². The molecule has 1 aromatic carbocycles. The molecule has 1 N–H and O–H groups in total. The number of sulfone groups is 1. The van der Waals surface area contributed by atoms with Crippen molar-refractivity contribution in [3.8, 4) is 0 Å². The maximum Gasteiger partial charge on any atom is 0.153 e. The van der Waals surface area contributed by atoms with Crippen LogP contribution in [-0.4, -0.2) is 32.5 Å². The van der Waals surface area contributed by atoms with E-state index >= 15 is 0 Å². The third-order valence-electron chi connectivity index (χ3n) is 3.42. The fourth-order valence-electron chi connectivity index (χ4n) is 1.65. The third-order valence-corrected chi connectivity index (χ3v) is 5.81. The van der Waals surface area contributed by atoms with Gasteiger partial charge in [0.05, 0.1) is 4.75 Å². The van der Waals surface area contributed by atoms with Gasteiger partial charge in [0, 0.05) is 24.4 Å². The van der Waals surface area contributed by atoms with E-state index in [-0.39, 0.29) is 5.92 Å². The Morgan fingerprint density at radius 3 is 2.53 bits per heavy atom. The Labute approximate surface area is 121 Å². The highest BCUT2D eigenvalue weighted by Crippen LogP contribution is 2.19. The molecule has 3 nitrogen and oxygen atoms in total. The van der Waals surface area contributed by atoms with Crippen molar-refractivity contribution in [3.05, 3.63) is 34.9 Å². The van der Waals surface area contributed by atoms with E-state index in [0.717, 1.165) is 17.1 Å². The van der Waals surface area contributed by atoms with Gasteiger partial charge >= 0.3 is 0 Å². The molecule has 1 atom stereocenters. The Morgan fingerprint density at radius 2 is 2.00 bits per heavy atom. The second-order valence-corrected chi connectivity index (χ2v) is 8.70. The van der Waals surface area contributed by atoms with Crippen LogP contribution in [0, 0.1) is 0 Å². The second kappa shape index (κ2) is 6.25. The summed E-state index contributed by atoms with van der Waals surface area (Å²) in [5, 5.41) is 3.95. The molecule has 0 bridgehead atoms. The lowest BCUT2D eigenvalue weighted by Crippen LogP contribution is -2.42. The highest BCUT2D eigenvalue weighted by atomic mass is 35.5. The summed E-state index contributed by atoms with van der Waals surface area (Å²) < 4.78 is 22.4. The molecule has 0 amide bonds. The summed E-state index contributed by atoms with van der Waals surface area (Å²) >= 11 is 5.96. The first kappa shape index (κ1) is 16.5. The molecule has 1 aromatic rings. The summed E-state index contributed by atoms with van der Waals surface area (Å²) in [4.78, 5) is 0. The van der Waals surface area contributed by atoms with Gasteiger partial charge < -0.3 is 5.32 Å². The summed E-state index contributed by atoms with van der Waals surface area (Å²) in [6.45, 7) is 6.72. The van der Waals surface area contributed by atoms with E-state index in [1.54, 1.807) is 13.8 Å². The molecule has 19 heavy (non-hydrogen) atoms. The summed E-state index contributed by atoms with van der Waals surface area (Å²) in [6, 6.07) is 7.74. The van der Waals surface area contributed by atoms with Crippen molar-refractivity contribution in [3.63, 3.8) is 0 Å². The number of hydrogen-bond donors (Lipinski definition) is 1. The predicted molar refractivity (Wildman–Crippen MR) is 81.7 cm³/mol. The molecule has 0 saturated carbocycles. The maximum absolute atomic E-state index is 11.6. The van der Waals surface area contributed by atoms with Gasteiger partial charge in [-0.05, 0) is 37.5 Å². The molecule has 0 saturated heterocycles. The van der Waals surface area contributed by atoms with Crippen LogP contribution in [0.1, 0.15) is 32.3 Å². The molecule has 0 aromatic heterocycles. The maximum atomic E-state index is 11.6. The smallest absolute Gasteiger partial charge is 0.153 e. The fourth-order valence-corrected chi connectivity index (χ4v) is 2.21. The highest BCUT2D eigenvalue weighted by molar-refractivity contribution is 7.92. The molecule has 0 heterocycles. The largest absolute Gasteiger partial charge is 0.315 e. The van der Waals surface area contributed by atoms with Crippen molar-refractivity contribution in [2.45, 2.75) is 31.4 Å². The first-order valence-corrected chi connectivity index (χ1v) is 8.56. The summed E-state index contributed by atoms with van der Waals surface area (Å²) in [7, 11) is -3.06. The molecule has 1 rings (SSSR count). The average Bonchev–Trinajstić information content (AvgIpc) is 2.27. The van der Waals surface area contributed by atoms with Crippen LogP contribution in [-0.2, 0) is 9.84 Å². The van der Waals surface area contributed by atoms with Gasteiger partial charge in [-0.3, -0.25) is 0 Å². The predicted octanol–water partition coefficient (Wildman–Crippen LogP) is 2.86. The van der Waals surface area contributed by atoms with E-state index in [0.29, 0.717) is 6.54 Å². The molecule has 0 fully saturated rings. The first-order valence-electron chi connectivity index (χ1n) is 6.29. The van der Waals surface area contributed by atoms with Crippen molar-refractivity contribution in [1.29, 1.82) is 0 Å². The molecule has 0 radical (unpaired) electrons. The van der Waals surface area contributed by atoms with Gasteiger partial charge in [0.2, 0.25) is 0 Å². The van der Waals surface area contributed by atoms with Crippen LogP contribution in [0.25, 0.3) is 0 Å². The molecule has 0 spiro atoms. The zero-order chi connectivity index (χ0) is 14.7. The zero-order valence-electron chi connectivity index (χ0n) is 11.9. The minimum absolute atomic E-state index is 0.286. The van der Waals surface area contributed by atoms with Gasteiger partial charge in [0.25, 0.3) is 0 Å². The van der Waals surface area contributed by atoms with Gasteiger partial charge in [0.15, 0.2) is 9.84 Å². The molecule has 0 aliphatic heterocycles. The summed E-state index contributed by atoms with van der Waals surface area (Å²) in [5.74, 6) is 0.286. The summed E-state index contributed by atoms with van der Waals surface area (Å²) in [5.41, 5.74) is 1.15. The second-order valence-electron chi connectivity index (χ2n) is 5.62. The van der Waals surface area contributed by atoms with Crippen molar-refractivity contribution >= 4 is 21.4 Å². The number of halogens is 1. The lowest BCUT2D eigenvalue weighted by molar-refractivity contribution is 0.510. The van der Waals surface area contributed by atoms with E-state index in [9.17, 15) is 8.42 Å². The van der Waals surface area contributed by atoms with Gasteiger partial charge in [-0.15, -0.1) is 0 Å². The fraction of sp³-hybridized carbons (Fsp3) is 0.571. The number of nitrogens with one attached hydrogen (secondary N) is 1. The molecular weight excluding hydrogens is 282 g/mol. The van der Waals surface area contributed by atoms with E-state index in [1.807, 2.05) is 24.3 Å². The molecule has 0 aliphatic carbocycles. The summed E-state index contributed by atoms with van der Waals surface area (Å²) in [6.07, 6.45) is 1.27. The number of hydrogen-bond acceptors (Lipinski definition) is 3. The highest BCUT2D eigenvalue weighted by Gasteiger charge is 2.29. The monoisotopic (exact) mass is 303 g/mol. The van der Waals surface area contributed by atoms with Crippen molar-refractivity contribution in [1.82, 2.24) is 5.32 Å². The van der Waals surface area contributed by atoms with Crippen LogP contribution in [0.5, 0.6) is 0 Å². The number of benzene rings is 1. The van der Waals surface area contributed by atoms with Crippen LogP contribution >= 0.6 is 11.6 Å². The van der Waals surface area contributed by atoms with Gasteiger partial charge in [-0.25, -0.2) is 8.42 Å². The Balaban J connectivity index is 2.55. The van der Waals surface area contributed by atoms with Crippen LogP contribution in [0.4, 0.5) is 0 Å². The standard InChI is InChI=1S/C14H22ClNO2S/c1-11(12-6-5-7-13(15)8-12)9-16-10-14(2,3)19(4,17)18/h5-8,11,16H,9-10H2,1-4H3/t11-/m0/s1. The minimum Gasteiger partial charge on any atom is -0.315 e. The van der Waals surface area contributed by atoms with Crippen molar-refractivity contribution in [2.75, 3.05) is 19.3 Å². The minimum atomic E-state index is -3.06. The van der Waals surface area contributed by atoms with E-state index in [4.69, 9.17) is 11.6 Å². The Kier molecular flexibility index (Phi) is 5.42. The van der Waals surface area contributed by atoms with Crippen LogP contribution < -0.4 is 5.32 Å². The third kappa shape index (κ3) is 4.79. The molecular formula is C14H22ClNO2S. The Morgan fingerprint density at radius 1 is 1.37 bits per heavy atom. The normalized spacial score (nSPS) is 14.4. The first-order chi connectivity index (χ1) is 8.63. The van der Waals surface area contributed by atoms with Gasteiger partial charge in [-0.2, -0.15) is 0 Å². The van der Waals surface area contributed by atoms with Gasteiger partial charge in [-0.1, -0.05) is 30.7 Å². The van der Waals surface area contributed by atoms with Crippen molar-refractivity contribution in [2.24, 2.45) is 0 Å². The quantitative estimate of drug-likeness (QED) is 0.879. The van der Waals surface area contributed by atoms with Gasteiger partial charge in [0.1, 0.15) is 0 Å². The average molecular weight is 304 g/mol. The van der Waals surface area contributed by atoms with E-state index in [1.165, 1.54) is 6.26 Å². The molecule has 0 aliphatic rings. The molecule has 0 unspecified atom stereocenters. The van der Waals surface area contributed by atoms with Crippen LogP contribution in [0.15, 0.2) is 24.3 Å². The molecule has 108 valence electrons. The SMILES string of the molecule is C[C@@H](CNCC(C)(C)S(C)(=O)=O)c1cccc(Cl)c1. The Bertz CT molecular complexity index is 526. The lowest BCUT2D eigenvalue weighted by atomic mass is 10.0. The van der Waals surface area contributed by atoms with E-state index < -0.39 is 14.6 Å². The van der Waals surface area contributed by atoms with Crippen molar-refractivity contribution < 1.29 is 8.42 Å². The molecule has 5 heteroatoms.